The predicted molar refractivity (Wildman–Crippen MR) is 112 cm³/mol. The van der Waals surface area contributed by atoms with Crippen LogP contribution in [-0.2, 0) is 21.2 Å². The van der Waals surface area contributed by atoms with Gasteiger partial charge in [0.05, 0.1) is 12.5 Å². The Balaban J connectivity index is 2.20. The van der Waals surface area contributed by atoms with Gasteiger partial charge in [-0.25, -0.2) is 17.9 Å². The van der Waals surface area contributed by atoms with E-state index in [4.69, 9.17) is 0 Å². The van der Waals surface area contributed by atoms with Crippen LogP contribution in [0.3, 0.4) is 0 Å². The molecular weight excluding hydrogens is 418 g/mol. The second-order valence-corrected chi connectivity index (χ2v) is 9.37. The largest absolute Gasteiger partial charge is 0.348 e. The molecule has 152 valence electrons. The Bertz CT molecular complexity index is 928. The zero-order valence-corrected chi connectivity index (χ0v) is 18.3. The Morgan fingerprint density at radius 2 is 2.00 bits per heavy atom. The lowest BCUT2D eigenvalue weighted by molar-refractivity contribution is -0.121. The first-order valence-electron chi connectivity index (χ1n) is 8.55. The first-order chi connectivity index (χ1) is 13.3. The number of rotatable bonds is 8. The summed E-state index contributed by atoms with van der Waals surface area (Å²) < 4.78 is 27.0. The average Bonchev–Trinajstić information content (AvgIpc) is 3.20. The van der Waals surface area contributed by atoms with Crippen LogP contribution >= 0.6 is 23.1 Å². The van der Waals surface area contributed by atoms with E-state index in [0.29, 0.717) is 10.5 Å². The van der Waals surface area contributed by atoms with E-state index in [1.165, 1.54) is 24.9 Å². The number of urea groups is 1. The van der Waals surface area contributed by atoms with E-state index in [2.05, 4.69) is 10.6 Å². The maximum Gasteiger partial charge on any atom is 0.328 e. The molecule has 10 heteroatoms. The minimum atomic E-state index is -4.05. The van der Waals surface area contributed by atoms with E-state index in [-0.39, 0.29) is 23.3 Å². The number of sulfonamides is 1. The summed E-state index contributed by atoms with van der Waals surface area (Å²) >= 11 is 2.83. The molecule has 0 fully saturated rings. The molecule has 0 aliphatic heterocycles. The second-order valence-electron chi connectivity index (χ2n) is 5.89. The third kappa shape index (κ3) is 5.73. The number of benzene rings is 1. The van der Waals surface area contributed by atoms with Gasteiger partial charge in [-0.1, -0.05) is 19.1 Å². The zero-order chi connectivity index (χ0) is 20.7. The molecule has 2 aromatic rings. The highest BCUT2D eigenvalue weighted by Gasteiger charge is 2.22. The number of carbonyl (C=O) groups excluding carboxylic acids is 2. The topological polar surface area (TPSA) is 104 Å². The maximum absolute atomic E-state index is 12.5. The van der Waals surface area contributed by atoms with Gasteiger partial charge in [0.2, 0.25) is 5.91 Å². The van der Waals surface area contributed by atoms with Gasteiger partial charge in [0, 0.05) is 16.8 Å². The number of hydrogen-bond donors (Lipinski definition) is 3. The summed E-state index contributed by atoms with van der Waals surface area (Å²) in [5.41, 5.74) is 0.550. The highest BCUT2D eigenvalue weighted by Crippen LogP contribution is 2.26. The highest BCUT2D eigenvalue weighted by atomic mass is 32.2. The van der Waals surface area contributed by atoms with Gasteiger partial charge >= 0.3 is 6.03 Å². The van der Waals surface area contributed by atoms with Crippen molar-refractivity contribution in [2.45, 2.75) is 35.6 Å². The monoisotopic (exact) mass is 441 g/mol. The molecule has 0 aliphatic carbocycles. The Hall–Kier alpha value is -2.04. The van der Waals surface area contributed by atoms with Crippen LogP contribution in [0.15, 0.2) is 45.5 Å². The van der Waals surface area contributed by atoms with Crippen LogP contribution in [-0.4, -0.2) is 33.7 Å². The fourth-order valence-corrected chi connectivity index (χ4v) is 5.56. The molecule has 3 amide bonds. The van der Waals surface area contributed by atoms with Crippen LogP contribution in [0.1, 0.15) is 29.8 Å². The van der Waals surface area contributed by atoms with Crippen molar-refractivity contribution in [1.29, 1.82) is 0 Å². The zero-order valence-electron chi connectivity index (χ0n) is 15.8. The molecular formula is C18H23N3O4S3. The lowest BCUT2D eigenvalue weighted by Gasteiger charge is -2.16. The summed E-state index contributed by atoms with van der Waals surface area (Å²) in [6, 6.07) is 7.81. The van der Waals surface area contributed by atoms with E-state index in [1.54, 1.807) is 29.7 Å². The Kier molecular flexibility index (Phi) is 7.90. The molecule has 0 radical (unpaired) electrons. The van der Waals surface area contributed by atoms with Gasteiger partial charge in [0.15, 0.2) is 0 Å². The van der Waals surface area contributed by atoms with Gasteiger partial charge in [0.25, 0.3) is 10.0 Å². The second kappa shape index (κ2) is 9.94. The fraction of sp³-hybridized carbons (Fsp3) is 0.333. The maximum atomic E-state index is 12.5. The molecule has 1 atom stereocenters. The molecule has 1 aromatic heterocycles. The van der Waals surface area contributed by atoms with Crippen LogP contribution in [0.5, 0.6) is 0 Å². The van der Waals surface area contributed by atoms with E-state index in [1.807, 2.05) is 29.2 Å². The molecule has 1 unspecified atom stereocenters. The van der Waals surface area contributed by atoms with Crippen molar-refractivity contribution in [1.82, 2.24) is 15.4 Å². The van der Waals surface area contributed by atoms with E-state index in [0.717, 1.165) is 11.3 Å². The molecule has 3 N–H and O–H groups in total. The van der Waals surface area contributed by atoms with E-state index < -0.39 is 16.1 Å². The lowest BCUT2D eigenvalue weighted by atomic mass is 10.1. The molecule has 0 bridgehead atoms. The summed E-state index contributed by atoms with van der Waals surface area (Å²) in [7, 11) is -2.72. The molecule has 2 rings (SSSR count). The first kappa shape index (κ1) is 22.3. The predicted octanol–water partition coefficient (Wildman–Crippen LogP) is 2.90. The molecule has 0 spiro atoms. The summed E-state index contributed by atoms with van der Waals surface area (Å²) in [5, 5.41) is 7.16. The SMILES string of the molecule is CCC(NC(=O)Cc1ccc(SC)c(S(=O)(=O)NC(=O)NC)c1)c1cccs1. The van der Waals surface area contributed by atoms with Crippen molar-refractivity contribution in [3.8, 4) is 0 Å². The van der Waals surface area contributed by atoms with E-state index >= 15 is 0 Å². The minimum Gasteiger partial charge on any atom is -0.348 e. The third-order valence-electron chi connectivity index (χ3n) is 3.97. The minimum absolute atomic E-state index is 0.0285. The van der Waals surface area contributed by atoms with Gasteiger partial charge in [-0.3, -0.25) is 4.79 Å². The van der Waals surface area contributed by atoms with Crippen LogP contribution in [0, 0.1) is 0 Å². The smallest absolute Gasteiger partial charge is 0.328 e. The number of carbonyl (C=O) groups is 2. The van der Waals surface area contributed by atoms with Crippen molar-refractivity contribution < 1.29 is 18.0 Å². The molecule has 1 aromatic carbocycles. The van der Waals surface area contributed by atoms with Crippen LogP contribution in [0.25, 0.3) is 0 Å². The van der Waals surface area contributed by atoms with Crippen molar-refractivity contribution in [2.24, 2.45) is 0 Å². The summed E-state index contributed by atoms with van der Waals surface area (Å²) in [6.07, 6.45) is 2.54. The summed E-state index contributed by atoms with van der Waals surface area (Å²) in [5.74, 6) is -0.195. The van der Waals surface area contributed by atoms with E-state index in [9.17, 15) is 18.0 Å². The fourth-order valence-electron chi connectivity index (χ4n) is 2.56. The van der Waals surface area contributed by atoms with Crippen molar-refractivity contribution >= 4 is 45.1 Å². The lowest BCUT2D eigenvalue weighted by Crippen LogP contribution is -2.37. The summed E-state index contributed by atoms with van der Waals surface area (Å²) in [4.78, 5) is 25.5. The third-order valence-corrected chi connectivity index (χ3v) is 7.25. The quantitative estimate of drug-likeness (QED) is 0.547. The molecule has 1 heterocycles. The number of nitrogens with one attached hydrogen (secondary N) is 3. The van der Waals surface area contributed by atoms with Crippen LogP contribution in [0.4, 0.5) is 4.79 Å². The average molecular weight is 442 g/mol. The van der Waals surface area contributed by atoms with Gasteiger partial charge in [-0.15, -0.1) is 23.1 Å². The van der Waals surface area contributed by atoms with Crippen LogP contribution < -0.4 is 15.4 Å². The Morgan fingerprint density at radius 1 is 1.25 bits per heavy atom. The number of thiophene rings is 1. The standard InChI is InChI=1S/C18H23N3O4S3/c1-4-13(14-6-5-9-27-14)20-17(22)11-12-7-8-15(26-3)16(10-12)28(24,25)21-18(23)19-2/h5-10,13H,4,11H2,1-3H3,(H,20,22)(H2,19,21,23). The Labute approximate surface area is 173 Å². The molecule has 0 saturated heterocycles. The van der Waals surface area contributed by atoms with Crippen LogP contribution in [0.2, 0.25) is 0 Å². The molecule has 28 heavy (non-hydrogen) atoms. The van der Waals surface area contributed by atoms with Gasteiger partial charge in [0.1, 0.15) is 4.90 Å². The first-order valence-corrected chi connectivity index (χ1v) is 12.1. The molecule has 0 saturated carbocycles. The molecule has 0 aliphatic rings. The normalized spacial score (nSPS) is 12.2. The number of thioether (sulfide) groups is 1. The molecule has 7 nitrogen and oxygen atoms in total. The number of amides is 3. The Morgan fingerprint density at radius 3 is 2.57 bits per heavy atom. The van der Waals surface area contributed by atoms with Crippen molar-refractivity contribution in [3.05, 3.63) is 46.2 Å². The summed E-state index contributed by atoms with van der Waals surface area (Å²) in [6.45, 7) is 1.99. The number of hydrogen-bond acceptors (Lipinski definition) is 6. The van der Waals surface area contributed by atoms with Crippen molar-refractivity contribution in [3.63, 3.8) is 0 Å². The van der Waals surface area contributed by atoms with Gasteiger partial charge in [-0.2, -0.15) is 0 Å². The highest BCUT2D eigenvalue weighted by molar-refractivity contribution is 7.99. The van der Waals surface area contributed by atoms with Gasteiger partial charge in [-0.05, 0) is 41.8 Å². The van der Waals surface area contributed by atoms with Gasteiger partial charge < -0.3 is 10.6 Å². The van der Waals surface area contributed by atoms with Crippen molar-refractivity contribution in [2.75, 3.05) is 13.3 Å².